The Morgan fingerprint density at radius 2 is 1.67 bits per heavy atom. The topological polar surface area (TPSA) is 82.2 Å². The number of hydrogen-bond donors (Lipinski definition) is 1. The van der Waals surface area contributed by atoms with E-state index in [9.17, 15) is 31.9 Å². The van der Waals surface area contributed by atoms with Gasteiger partial charge in [-0.25, -0.2) is 14.0 Å². The van der Waals surface area contributed by atoms with Crippen LogP contribution in [0.15, 0.2) is 78.9 Å². The van der Waals surface area contributed by atoms with E-state index in [2.05, 4.69) is 10.1 Å². The molecular weight excluding hydrogens is 568 g/mol. The van der Waals surface area contributed by atoms with E-state index in [1.807, 2.05) is 13.0 Å². The van der Waals surface area contributed by atoms with Crippen LogP contribution in [0.1, 0.15) is 30.5 Å². The molecule has 1 spiro atoms. The number of hydrogen-bond acceptors (Lipinski definition) is 4. The molecule has 3 fully saturated rings. The van der Waals surface area contributed by atoms with Gasteiger partial charge in [0.2, 0.25) is 0 Å². The van der Waals surface area contributed by atoms with E-state index in [4.69, 9.17) is 0 Å². The molecule has 3 saturated heterocycles. The maximum atomic E-state index is 14.6. The third kappa shape index (κ3) is 4.84. The normalized spacial score (nSPS) is 24.8. The first kappa shape index (κ1) is 28.5. The van der Waals surface area contributed by atoms with Gasteiger partial charge in [0.25, 0.3) is 5.91 Å². The van der Waals surface area contributed by atoms with Crippen molar-refractivity contribution in [1.29, 1.82) is 0 Å². The maximum absolute atomic E-state index is 14.6. The number of halogens is 4. The van der Waals surface area contributed by atoms with E-state index in [-0.39, 0.29) is 31.1 Å². The molecule has 0 unspecified atom stereocenters. The molecule has 1 N–H and O–H groups in total. The fraction of sp³-hybridized carbons (Fsp3) is 0.323. The van der Waals surface area contributed by atoms with Crippen LogP contribution >= 0.6 is 0 Å². The lowest BCUT2D eigenvalue weighted by atomic mass is 9.78. The van der Waals surface area contributed by atoms with E-state index in [1.54, 1.807) is 30.3 Å². The first-order valence-electron chi connectivity index (χ1n) is 13.9. The van der Waals surface area contributed by atoms with E-state index >= 15 is 0 Å². The van der Waals surface area contributed by atoms with Gasteiger partial charge in [-0.2, -0.15) is 0 Å². The maximum Gasteiger partial charge on any atom is 0.573 e. The second kappa shape index (κ2) is 10.6. The van der Waals surface area contributed by atoms with Crippen molar-refractivity contribution in [3.8, 4) is 5.75 Å². The average Bonchev–Trinajstić information content (AvgIpc) is 3.55. The summed E-state index contributed by atoms with van der Waals surface area (Å²) in [7, 11) is 0. The van der Waals surface area contributed by atoms with Crippen molar-refractivity contribution in [1.82, 2.24) is 14.7 Å². The summed E-state index contributed by atoms with van der Waals surface area (Å²) < 4.78 is 57.0. The molecule has 0 aromatic heterocycles. The highest BCUT2D eigenvalue weighted by Gasteiger charge is 2.73. The SMILES string of the molecule is CC[C@@H]1[C@@H](c2ccc(OC(F)(F)F)cc2)N2C(=O)N(Cc3ccccc3F)C(=O)[C@]23CN(C(=O)Nc2ccccc2)C[C@H]13. The van der Waals surface area contributed by atoms with Crippen molar-refractivity contribution in [3.05, 3.63) is 95.8 Å². The fourth-order valence-corrected chi connectivity index (χ4v) is 6.92. The van der Waals surface area contributed by atoms with Gasteiger partial charge in [-0.3, -0.25) is 14.6 Å². The van der Waals surface area contributed by atoms with E-state index in [1.165, 1.54) is 52.3 Å². The Morgan fingerprint density at radius 1 is 1.00 bits per heavy atom. The van der Waals surface area contributed by atoms with Crippen LogP contribution < -0.4 is 10.1 Å². The third-order valence-electron chi connectivity index (χ3n) is 8.67. The first-order valence-corrected chi connectivity index (χ1v) is 13.9. The number of carbonyl (C=O) groups is 3. The number of likely N-dealkylation sites (tertiary alicyclic amines) is 1. The van der Waals surface area contributed by atoms with Gasteiger partial charge in [-0.1, -0.05) is 61.9 Å². The Balaban J connectivity index is 1.38. The van der Waals surface area contributed by atoms with Crippen molar-refractivity contribution in [2.75, 3.05) is 18.4 Å². The van der Waals surface area contributed by atoms with Gasteiger partial charge in [0.1, 0.15) is 17.1 Å². The van der Waals surface area contributed by atoms with Gasteiger partial charge in [0.05, 0.1) is 19.1 Å². The Kier molecular flexibility index (Phi) is 7.02. The van der Waals surface area contributed by atoms with Crippen LogP contribution in [0.5, 0.6) is 5.75 Å². The van der Waals surface area contributed by atoms with Crippen LogP contribution in [0.4, 0.5) is 32.8 Å². The van der Waals surface area contributed by atoms with E-state index < -0.39 is 53.4 Å². The highest BCUT2D eigenvalue weighted by Crippen LogP contribution is 2.59. The molecule has 0 radical (unpaired) electrons. The molecule has 3 aromatic carbocycles. The molecule has 3 aromatic rings. The molecule has 43 heavy (non-hydrogen) atoms. The standard InChI is InChI=1S/C31H28F4N4O4/c1-2-23-24-17-37(28(41)36-21-9-4-3-5-10-21)18-30(24)27(40)38(16-20-8-6-7-11-25(20)32)29(42)39(30)26(23)19-12-14-22(15-13-19)43-31(33,34)35/h3-15,23-24,26H,2,16-18H2,1H3,(H,36,41)/t23-,24+,26+,30+/m0/s1. The molecule has 0 bridgehead atoms. The minimum absolute atomic E-state index is 0.0864. The van der Waals surface area contributed by atoms with Gasteiger partial charge in [-0.05, 0) is 41.8 Å². The number of amides is 5. The van der Waals surface area contributed by atoms with Gasteiger partial charge in [-0.15, -0.1) is 13.2 Å². The van der Waals surface area contributed by atoms with Crippen LogP contribution in [0.25, 0.3) is 0 Å². The zero-order valence-electron chi connectivity index (χ0n) is 23.1. The minimum atomic E-state index is -4.86. The number of rotatable bonds is 6. The minimum Gasteiger partial charge on any atom is -0.406 e. The smallest absolute Gasteiger partial charge is 0.406 e. The number of alkyl halides is 3. The predicted molar refractivity (Wildman–Crippen MR) is 147 cm³/mol. The monoisotopic (exact) mass is 596 g/mol. The zero-order chi connectivity index (χ0) is 30.5. The van der Waals surface area contributed by atoms with Crippen molar-refractivity contribution >= 4 is 23.7 Å². The molecule has 3 aliphatic heterocycles. The molecule has 5 amide bonds. The molecule has 6 rings (SSSR count). The Morgan fingerprint density at radius 3 is 2.33 bits per heavy atom. The number of para-hydroxylation sites is 1. The van der Waals surface area contributed by atoms with Crippen LogP contribution in [-0.4, -0.2) is 57.7 Å². The van der Waals surface area contributed by atoms with Gasteiger partial charge in [0.15, 0.2) is 0 Å². The second-order valence-electron chi connectivity index (χ2n) is 11.0. The fourth-order valence-electron chi connectivity index (χ4n) is 6.92. The first-order chi connectivity index (χ1) is 20.5. The molecule has 0 aliphatic carbocycles. The third-order valence-corrected chi connectivity index (χ3v) is 8.67. The van der Waals surface area contributed by atoms with Crippen LogP contribution in [0.2, 0.25) is 0 Å². The van der Waals surface area contributed by atoms with Crippen molar-refractivity contribution in [3.63, 3.8) is 0 Å². The van der Waals surface area contributed by atoms with Crippen molar-refractivity contribution in [2.45, 2.75) is 37.8 Å². The summed E-state index contributed by atoms with van der Waals surface area (Å²) in [6, 6.07) is 18.2. The zero-order valence-corrected chi connectivity index (χ0v) is 23.1. The van der Waals surface area contributed by atoms with Gasteiger partial charge in [0, 0.05) is 23.7 Å². The average molecular weight is 597 g/mol. The Bertz CT molecular complexity index is 1550. The van der Waals surface area contributed by atoms with Crippen molar-refractivity contribution in [2.24, 2.45) is 11.8 Å². The number of imide groups is 1. The molecule has 8 nitrogen and oxygen atoms in total. The number of nitrogens with zero attached hydrogens (tertiary/aromatic N) is 3. The summed E-state index contributed by atoms with van der Waals surface area (Å²) in [5.41, 5.74) is -0.167. The summed E-state index contributed by atoms with van der Waals surface area (Å²) in [6.07, 6.45) is -4.34. The van der Waals surface area contributed by atoms with Crippen LogP contribution in [0.3, 0.4) is 0 Å². The number of benzene rings is 3. The molecular formula is C31H28F4N4O4. The lowest BCUT2D eigenvalue weighted by molar-refractivity contribution is -0.274. The summed E-state index contributed by atoms with van der Waals surface area (Å²) >= 11 is 0. The molecule has 0 saturated carbocycles. The van der Waals surface area contributed by atoms with E-state index in [0.29, 0.717) is 17.7 Å². The summed E-state index contributed by atoms with van der Waals surface area (Å²) in [4.78, 5) is 45.8. The predicted octanol–water partition coefficient (Wildman–Crippen LogP) is 6.17. The summed E-state index contributed by atoms with van der Waals surface area (Å²) in [5.74, 6) is -2.28. The molecule has 12 heteroatoms. The van der Waals surface area contributed by atoms with E-state index in [0.717, 1.165) is 4.90 Å². The summed E-state index contributed by atoms with van der Waals surface area (Å²) in [5, 5.41) is 2.84. The second-order valence-corrected chi connectivity index (χ2v) is 11.0. The quantitative estimate of drug-likeness (QED) is 0.273. The van der Waals surface area contributed by atoms with Crippen molar-refractivity contribution < 1.29 is 36.7 Å². The molecule has 224 valence electrons. The number of anilines is 1. The number of ether oxygens (including phenoxy) is 1. The van der Waals surface area contributed by atoms with Crippen LogP contribution in [-0.2, 0) is 11.3 Å². The highest BCUT2D eigenvalue weighted by atomic mass is 19.4. The number of carbonyl (C=O) groups excluding carboxylic acids is 3. The lowest BCUT2D eigenvalue weighted by Gasteiger charge is -2.33. The number of urea groups is 2. The molecule has 3 aliphatic rings. The molecule has 3 heterocycles. The highest BCUT2D eigenvalue weighted by molar-refractivity contribution is 6.09. The lowest BCUT2D eigenvalue weighted by Crippen LogP contribution is -2.52. The largest absolute Gasteiger partial charge is 0.573 e. The molecule has 4 atom stereocenters. The van der Waals surface area contributed by atoms with Crippen LogP contribution in [0, 0.1) is 17.7 Å². The summed E-state index contributed by atoms with van der Waals surface area (Å²) in [6.45, 7) is 1.70. The van der Waals surface area contributed by atoms with Gasteiger partial charge >= 0.3 is 18.4 Å². The Labute approximate surface area is 244 Å². The Hall–Kier alpha value is -4.61. The van der Waals surface area contributed by atoms with Gasteiger partial charge < -0.3 is 15.0 Å². The number of nitrogens with one attached hydrogen (secondary N) is 1.